The Morgan fingerprint density at radius 1 is 1.42 bits per heavy atom. The van der Waals surface area contributed by atoms with Gasteiger partial charge in [-0.1, -0.05) is 11.6 Å². The number of carbonyl (C=O) groups is 1. The summed E-state index contributed by atoms with van der Waals surface area (Å²) in [5, 5.41) is 16.0. The lowest BCUT2D eigenvalue weighted by atomic mass is 10.1. The third-order valence-electron chi connectivity index (χ3n) is 3.42. The van der Waals surface area contributed by atoms with Gasteiger partial charge in [0.15, 0.2) is 0 Å². The first-order chi connectivity index (χ1) is 11.0. The van der Waals surface area contributed by atoms with E-state index in [1.54, 1.807) is 0 Å². The van der Waals surface area contributed by atoms with E-state index < -0.39 is 29.4 Å². The molecule has 1 aromatic heterocycles. The van der Waals surface area contributed by atoms with E-state index in [0.29, 0.717) is 5.56 Å². The molecule has 130 valence electrons. The monoisotopic (exact) mass is 361 g/mol. The molecule has 9 heteroatoms. The summed E-state index contributed by atoms with van der Waals surface area (Å²) in [5.41, 5.74) is -1.38. The van der Waals surface area contributed by atoms with Gasteiger partial charge in [0.2, 0.25) is 0 Å². The Balaban J connectivity index is 2.40. The van der Waals surface area contributed by atoms with Gasteiger partial charge in [0.25, 0.3) is 5.91 Å². The third kappa shape index (κ3) is 3.54. The molecule has 1 atom stereocenters. The van der Waals surface area contributed by atoms with Gasteiger partial charge in [0.1, 0.15) is 11.3 Å². The normalized spacial score (nSPS) is 13.0. The number of aliphatic hydroxyl groups is 1. The van der Waals surface area contributed by atoms with Crippen LogP contribution in [0.15, 0.2) is 18.2 Å². The molecule has 2 N–H and O–H groups in total. The zero-order valence-corrected chi connectivity index (χ0v) is 13.8. The fourth-order valence-electron chi connectivity index (χ4n) is 2.39. The second-order valence-electron chi connectivity index (χ2n) is 5.30. The van der Waals surface area contributed by atoms with Gasteiger partial charge in [-0.2, -0.15) is 18.3 Å². The predicted molar refractivity (Wildman–Crippen MR) is 83.0 cm³/mol. The molecule has 2 rings (SSSR count). The molecule has 0 bridgehead atoms. The lowest BCUT2D eigenvalue weighted by Gasteiger charge is -2.13. The molecule has 1 unspecified atom stereocenters. The SMILES string of the molecule is Cc1nn(C)c(C(=O)Nc2ccc(Cl)c(C(C)O)c2)c1C(F)(F)F. The summed E-state index contributed by atoms with van der Waals surface area (Å²) in [6, 6.07) is 4.28. The minimum absolute atomic E-state index is 0.215. The molecule has 5 nitrogen and oxygen atoms in total. The Morgan fingerprint density at radius 3 is 2.58 bits per heavy atom. The minimum Gasteiger partial charge on any atom is -0.389 e. The van der Waals surface area contributed by atoms with Crippen molar-refractivity contribution in [3.05, 3.63) is 45.7 Å². The highest BCUT2D eigenvalue weighted by molar-refractivity contribution is 6.31. The molecular formula is C15H15ClF3N3O2. The van der Waals surface area contributed by atoms with Crippen LogP contribution in [0.1, 0.15) is 40.3 Å². The number of halogens is 4. The molecule has 2 aromatic rings. The van der Waals surface area contributed by atoms with E-state index in [-0.39, 0.29) is 16.4 Å². The summed E-state index contributed by atoms with van der Waals surface area (Å²) in [5.74, 6) is -0.954. The highest BCUT2D eigenvalue weighted by Gasteiger charge is 2.40. The number of amides is 1. The number of carbonyl (C=O) groups excluding carboxylic acids is 1. The number of nitrogens with one attached hydrogen (secondary N) is 1. The summed E-state index contributed by atoms with van der Waals surface area (Å²) in [6.45, 7) is 2.67. The molecule has 1 aromatic carbocycles. The van der Waals surface area contributed by atoms with Crippen molar-refractivity contribution in [1.29, 1.82) is 0 Å². The lowest BCUT2D eigenvalue weighted by Crippen LogP contribution is -2.21. The summed E-state index contributed by atoms with van der Waals surface area (Å²) in [6.07, 6.45) is -5.59. The van der Waals surface area contributed by atoms with Crippen LogP contribution in [0.3, 0.4) is 0 Å². The highest BCUT2D eigenvalue weighted by Crippen LogP contribution is 2.34. The Kier molecular flexibility index (Phi) is 4.91. The van der Waals surface area contributed by atoms with Gasteiger partial charge in [-0.15, -0.1) is 0 Å². The molecule has 0 radical (unpaired) electrons. The molecule has 0 aliphatic rings. The van der Waals surface area contributed by atoms with Gasteiger partial charge in [-0.05, 0) is 32.0 Å². The second kappa shape index (κ2) is 6.45. The third-order valence-corrected chi connectivity index (χ3v) is 3.77. The van der Waals surface area contributed by atoms with Crippen molar-refractivity contribution >= 4 is 23.2 Å². The molecule has 0 saturated carbocycles. The van der Waals surface area contributed by atoms with Crippen molar-refractivity contribution in [2.24, 2.45) is 7.05 Å². The molecule has 0 aliphatic carbocycles. The van der Waals surface area contributed by atoms with E-state index in [1.807, 2.05) is 0 Å². The summed E-state index contributed by atoms with van der Waals surface area (Å²) >= 11 is 5.92. The van der Waals surface area contributed by atoms with Crippen LogP contribution in [-0.4, -0.2) is 20.8 Å². The quantitative estimate of drug-likeness (QED) is 0.875. The highest BCUT2D eigenvalue weighted by atomic mass is 35.5. The largest absolute Gasteiger partial charge is 0.420 e. The van der Waals surface area contributed by atoms with Gasteiger partial charge in [0, 0.05) is 23.3 Å². The first-order valence-corrected chi connectivity index (χ1v) is 7.29. The molecule has 0 saturated heterocycles. The summed E-state index contributed by atoms with van der Waals surface area (Å²) < 4.78 is 40.4. The van der Waals surface area contributed by atoms with Crippen molar-refractivity contribution < 1.29 is 23.1 Å². The molecule has 1 amide bonds. The van der Waals surface area contributed by atoms with Crippen LogP contribution in [0.25, 0.3) is 0 Å². The van der Waals surface area contributed by atoms with Crippen LogP contribution < -0.4 is 5.32 Å². The molecule has 0 fully saturated rings. The Morgan fingerprint density at radius 2 is 2.04 bits per heavy atom. The number of aliphatic hydroxyl groups excluding tert-OH is 1. The zero-order valence-electron chi connectivity index (χ0n) is 13.1. The number of benzene rings is 1. The lowest BCUT2D eigenvalue weighted by molar-refractivity contribution is -0.138. The van der Waals surface area contributed by atoms with Crippen molar-refractivity contribution in [3.8, 4) is 0 Å². The number of hydrogen-bond donors (Lipinski definition) is 2. The number of alkyl halides is 3. The predicted octanol–water partition coefficient (Wildman–Crippen LogP) is 3.71. The molecule has 1 heterocycles. The number of aryl methyl sites for hydroxylation is 2. The van der Waals surface area contributed by atoms with Gasteiger partial charge >= 0.3 is 6.18 Å². The van der Waals surface area contributed by atoms with Gasteiger partial charge in [-0.3, -0.25) is 9.48 Å². The number of hydrogen-bond acceptors (Lipinski definition) is 3. The average molecular weight is 362 g/mol. The number of anilines is 1. The minimum atomic E-state index is -4.70. The van der Waals surface area contributed by atoms with Crippen molar-refractivity contribution in [2.45, 2.75) is 26.1 Å². The van der Waals surface area contributed by atoms with E-state index in [4.69, 9.17) is 11.6 Å². The average Bonchev–Trinajstić information content (AvgIpc) is 2.75. The summed E-state index contributed by atoms with van der Waals surface area (Å²) in [4.78, 5) is 12.3. The fourth-order valence-corrected chi connectivity index (χ4v) is 2.67. The van der Waals surface area contributed by atoms with Crippen molar-refractivity contribution in [1.82, 2.24) is 9.78 Å². The van der Waals surface area contributed by atoms with Gasteiger partial charge in [0.05, 0.1) is 11.8 Å². The first-order valence-electron chi connectivity index (χ1n) is 6.92. The standard InChI is InChI=1S/C15H15ClF3N3O2/c1-7-12(15(17,18)19)13(22(3)21-7)14(24)20-9-4-5-11(16)10(6-9)8(2)23/h4-6,8,23H,1-3H3,(H,20,24). The van der Waals surface area contributed by atoms with E-state index in [0.717, 1.165) is 4.68 Å². The Bertz CT molecular complexity index is 785. The smallest absolute Gasteiger partial charge is 0.389 e. The van der Waals surface area contributed by atoms with E-state index in [1.165, 1.54) is 39.1 Å². The maximum absolute atomic E-state index is 13.2. The van der Waals surface area contributed by atoms with E-state index in [2.05, 4.69) is 10.4 Å². The van der Waals surface area contributed by atoms with Crippen LogP contribution >= 0.6 is 11.6 Å². The Labute approximate surface area is 141 Å². The van der Waals surface area contributed by atoms with E-state index in [9.17, 15) is 23.1 Å². The Hall–Kier alpha value is -2.06. The molecule has 24 heavy (non-hydrogen) atoms. The topological polar surface area (TPSA) is 67.2 Å². The molecule has 0 spiro atoms. The first kappa shape index (κ1) is 18.3. The zero-order chi connectivity index (χ0) is 18.2. The van der Waals surface area contributed by atoms with E-state index >= 15 is 0 Å². The van der Waals surface area contributed by atoms with Crippen LogP contribution in [0.4, 0.5) is 18.9 Å². The summed E-state index contributed by atoms with van der Waals surface area (Å²) in [7, 11) is 1.26. The van der Waals surface area contributed by atoms with Crippen molar-refractivity contribution in [3.63, 3.8) is 0 Å². The van der Waals surface area contributed by atoms with Crippen LogP contribution in [-0.2, 0) is 13.2 Å². The second-order valence-corrected chi connectivity index (χ2v) is 5.70. The fraction of sp³-hybridized carbons (Fsp3) is 0.333. The van der Waals surface area contributed by atoms with Gasteiger partial charge < -0.3 is 10.4 Å². The maximum Gasteiger partial charge on any atom is 0.420 e. The number of aromatic nitrogens is 2. The van der Waals surface area contributed by atoms with Gasteiger partial charge in [-0.25, -0.2) is 0 Å². The molecule has 0 aliphatic heterocycles. The van der Waals surface area contributed by atoms with Crippen molar-refractivity contribution in [2.75, 3.05) is 5.32 Å². The number of nitrogens with zero attached hydrogens (tertiary/aromatic N) is 2. The maximum atomic E-state index is 13.2. The number of rotatable bonds is 3. The molecular weight excluding hydrogens is 347 g/mol. The van der Waals surface area contributed by atoms with Crippen LogP contribution in [0.5, 0.6) is 0 Å². The van der Waals surface area contributed by atoms with Crippen LogP contribution in [0.2, 0.25) is 5.02 Å². The van der Waals surface area contributed by atoms with Crippen LogP contribution in [0, 0.1) is 6.92 Å².